The minimum atomic E-state index is 0.264. The average Bonchev–Trinajstić information content (AvgIpc) is 2.37. The van der Waals surface area contributed by atoms with Crippen molar-refractivity contribution >= 4 is 0 Å². The van der Waals surface area contributed by atoms with E-state index in [1.807, 2.05) is 0 Å². The standard InChI is InChI=1S/C21H36O/c1-16(2)9-7-10-20-11-8-12-21(22-20)15-19(6)14-18(5)13-17(3)4/h7-9,11,16-17,19-21H,5,10,12-15H2,1-4,6H3/b9-7-. The molecule has 0 saturated heterocycles. The van der Waals surface area contributed by atoms with Crippen LogP contribution in [0, 0.1) is 17.8 Å². The summed E-state index contributed by atoms with van der Waals surface area (Å²) in [5.41, 5.74) is 1.39. The van der Waals surface area contributed by atoms with Crippen LogP contribution in [-0.4, -0.2) is 12.2 Å². The van der Waals surface area contributed by atoms with E-state index in [2.05, 4.69) is 65.5 Å². The highest BCUT2D eigenvalue weighted by Gasteiger charge is 2.20. The number of hydrogen-bond acceptors (Lipinski definition) is 1. The maximum absolute atomic E-state index is 6.23. The fourth-order valence-electron chi connectivity index (χ4n) is 3.19. The van der Waals surface area contributed by atoms with E-state index in [4.69, 9.17) is 4.74 Å². The lowest BCUT2D eigenvalue weighted by molar-refractivity contribution is -0.00429. The summed E-state index contributed by atoms with van der Waals surface area (Å²) in [6.07, 6.45) is 15.2. The summed E-state index contributed by atoms with van der Waals surface area (Å²) in [6, 6.07) is 0. The van der Waals surface area contributed by atoms with E-state index in [0.717, 1.165) is 32.1 Å². The van der Waals surface area contributed by atoms with Crippen LogP contribution in [0.1, 0.15) is 66.7 Å². The summed E-state index contributed by atoms with van der Waals surface area (Å²) in [5.74, 6) is 2.00. The van der Waals surface area contributed by atoms with Gasteiger partial charge in [0.05, 0.1) is 12.2 Å². The molecule has 0 aromatic rings. The van der Waals surface area contributed by atoms with Gasteiger partial charge in [-0.15, -0.1) is 0 Å². The molecule has 0 aromatic heterocycles. The van der Waals surface area contributed by atoms with Crippen molar-refractivity contribution in [2.75, 3.05) is 0 Å². The summed E-state index contributed by atoms with van der Waals surface area (Å²) in [7, 11) is 0. The Balaban J connectivity index is 2.34. The van der Waals surface area contributed by atoms with Gasteiger partial charge in [0.15, 0.2) is 0 Å². The lowest BCUT2D eigenvalue weighted by atomic mass is 9.90. The van der Waals surface area contributed by atoms with Gasteiger partial charge in [-0.1, -0.05) is 71.1 Å². The van der Waals surface area contributed by atoms with Crippen LogP contribution in [0.15, 0.2) is 36.5 Å². The van der Waals surface area contributed by atoms with E-state index in [1.165, 1.54) is 5.57 Å². The average molecular weight is 305 g/mol. The second-order valence-electron chi connectivity index (χ2n) is 7.76. The molecule has 0 spiro atoms. The highest BCUT2D eigenvalue weighted by molar-refractivity contribution is 5.01. The Bertz CT molecular complexity index is 375. The van der Waals surface area contributed by atoms with Crippen LogP contribution in [-0.2, 0) is 4.74 Å². The van der Waals surface area contributed by atoms with Crippen molar-refractivity contribution in [1.82, 2.24) is 0 Å². The Morgan fingerprint density at radius 3 is 2.59 bits per heavy atom. The van der Waals surface area contributed by atoms with E-state index in [1.54, 1.807) is 0 Å². The minimum absolute atomic E-state index is 0.264. The van der Waals surface area contributed by atoms with Gasteiger partial charge in [0.1, 0.15) is 0 Å². The molecule has 1 nitrogen and oxygen atoms in total. The molecular formula is C21H36O. The topological polar surface area (TPSA) is 9.23 Å². The molecule has 22 heavy (non-hydrogen) atoms. The fraction of sp³-hybridized carbons (Fsp3) is 0.714. The van der Waals surface area contributed by atoms with E-state index in [-0.39, 0.29) is 6.10 Å². The van der Waals surface area contributed by atoms with Crippen molar-refractivity contribution in [2.45, 2.75) is 78.9 Å². The molecule has 1 rings (SSSR count). The molecular weight excluding hydrogens is 268 g/mol. The maximum Gasteiger partial charge on any atom is 0.0794 e. The summed E-state index contributed by atoms with van der Waals surface area (Å²) in [4.78, 5) is 0. The molecule has 1 heteroatoms. The third kappa shape index (κ3) is 8.58. The zero-order chi connectivity index (χ0) is 16.5. The normalized spacial score (nSPS) is 23.6. The molecule has 0 fully saturated rings. The minimum Gasteiger partial charge on any atom is -0.370 e. The van der Waals surface area contributed by atoms with Gasteiger partial charge in [-0.2, -0.15) is 0 Å². The van der Waals surface area contributed by atoms with Crippen LogP contribution in [0.4, 0.5) is 0 Å². The Hall–Kier alpha value is -0.820. The number of ether oxygens (including phenoxy) is 1. The molecule has 1 aliphatic rings. The smallest absolute Gasteiger partial charge is 0.0794 e. The lowest BCUT2D eigenvalue weighted by Gasteiger charge is -2.28. The van der Waals surface area contributed by atoms with Crippen molar-refractivity contribution in [1.29, 1.82) is 0 Å². The first-order chi connectivity index (χ1) is 10.4. The summed E-state index contributed by atoms with van der Waals surface area (Å²) in [6.45, 7) is 15.5. The second kappa shape index (κ2) is 10.0. The largest absolute Gasteiger partial charge is 0.370 e. The Morgan fingerprint density at radius 2 is 1.95 bits per heavy atom. The number of rotatable bonds is 9. The van der Waals surface area contributed by atoms with Crippen LogP contribution in [0.3, 0.4) is 0 Å². The van der Waals surface area contributed by atoms with Gasteiger partial charge >= 0.3 is 0 Å². The Morgan fingerprint density at radius 1 is 1.23 bits per heavy atom. The van der Waals surface area contributed by atoms with Gasteiger partial charge in [-0.25, -0.2) is 0 Å². The molecule has 3 atom stereocenters. The van der Waals surface area contributed by atoms with Crippen LogP contribution in [0.5, 0.6) is 0 Å². The number of allylic oxidation sites excluding steroid dienone is 2. The maximum atomic E-state index is 6.23. The van der Waals surface area contributed by atoms with Crippen LogP contribution in [0.2, 0.25) is 0 Å². The highest BCUT2D eigenvalue weighted by atomic mass is 16.5. The monoisotopic (exact) mass is 304 g/mol. The van der Waals surface area contributed by atoms with Crippen molar-refractivity contribution in [3.63, 3.8) is 0 Å². The van der Waals surface area contributed by atoms with Gasteiger partial charge in [0, 0.05) is 0 Å². The quantitative estimate of drug-likeness (QED) is 0.453. The summed E-state index contributed by atoms with van der Waals surface area (Å²) < 4.78 is 6.23. The summed E-state index contributed by atoms with van der Waals surface area (Å²) >= 11 is 0. The lowest BCUT2D eigenvalue weighted by Crippen LogP contribution is -2.25. The van der Waals surface area contributed by atoms with E-state index in [0.29, 0.717) is 23.9 Å². The van der Waals surface area contributed by atoms with Crippen molar-refractivity contribution in [2.24, 2.45) is 17.8 Å². The Kier molecular flexibility index (Phi) is 8.78. The zero-order valence-corrected chi connectivity index (χ0v) is 15.3. The molecule has 0 aromatic carbocycles. The third-order valence-electron chi connectivity index (χ3n) is 4.01. The van der Waals surface area contributed by atoms with Crippen LogP contribution < -0.4 is 0 Å². The molecule has 1 aliphatic heterocycles. The molecule has 0 radical (unpaired) electrons. The summed E-state index contributed by atoms with van der Waals surface area (Å²) in [5, 5.41) is 0. The van der Waals surface area contributed by atoms with Gasteiger partial charge in [0.2, 0.25) is 0 Å². The van der Waals surface area contributed by atoms with E-state index >= 15 is 0 Å². The van der Waals surface area contributed by atoms with Crippen LogP contribution in [0.25, 0.3) is 0 Å². The molecule has 0 saturated carbocycles. The van der Waals surface area contributed by atoms with Gasteiger partial charge in [0.25, 0.3) is 0 Å². The van der Waals surface area contributed by atoms with Crippen LogP contribution >= 0.6 is 0 Å². The molecule has 0 bridgehead atoms. The van der Waals surface area contributed by atoms with Gasteiger partial charge in [-0.3, -0.25) is 0 Å². The zero-order valence-electron chi connectivity index (χ0n) is 15.3. The van der Waals surface area contributed by atoms with E-state index < -0.39 is 0 Å². The molecule has 126 valence electrons. The first kappa shape index (κ1) is 19.2. The third-order valence-corrected chi connectivity index (χ3v) is 4.01. The van der Waals surface area contributed by atoms with Gasteiger partial charge < -0.3 is 4.74 Å². The first-order valence-electron chi connectivity index (χ1n) is 9.02. The van der Waals surface area contributed by atoms with Crippen molar-refractivity contribution < 1.29 is 4.74 Å². The molecule has 3 unspecified atom stereocenters. The predicted octanol–water partition coefficient (Wildman–Crippen LogP) is 6.32. The molecule has 1 heterocycles. The molecule has 0 aliphatic carbocycles. The SMILES string of the molecule is C=C(CC(C)C)CC(C)CC1CC=CC(C/C=C\C(C)C)O1. The number of hydrogen-bond donors (Lipinski definition) is 0. The predicted molar refractivity (Wildman–Crippen MR) is 98.0 cm³/mol. The Labute approximate surface area is 138 Å². The van der Waals surface area contributed by atoms with E-state index in [9.17, 15) is 0 Å². The fourth-order valence-corrected chi connectivity index (χ4v) is 3.19. The van der Waals surface area contributed by atoms with Gasteiger partial charge in [-0.05, 0) is 49.9 Å². The van der Waals surface area contributed by atoms with Crippen molar-refractivity contribution in [3.05, 3.63) is 36.5 Å². The first-order valence-corrected chi connectivity index (χ1v) is 9.02. The molecule has 0 N–H and O–H groups in total. The molecule has 0 amide bonds. The second-order valence-corrected chi connectivity index (χ2v) is 7.76. The highest BCUT2D eigenvalue weighted by Crippen LogP contribution is 2.26. The van der Waals surface area contributed by atoms with Crippen molar-refractivity contribution in [3.8, 4) is 0 Å².